The number of hydrogen-bond acceptors (Lipinski definition) is 5. The van der Waals surface area contributed by atoms with Crippen molar-refractivity contribution in [2.24, 2.45) is 0 Å². The second kappa shape index (κ2) is 8.88. The van der Waals surface area contributed by atoms with Crippen LogP contribution >= 0.6 is 0 Å². The van der Waals surface area contributed by atoms with Gasteiger partial charge in [-0.2, -0.15) is 0 Å². The van der Waals surface area contributed by atoms with Gasteiger partial charge in [0.25, 0.3) is 11.8 Å². The number of carbonyl (C=O) groups excluding carboxylic acids is 3. The van der Waals surface area contributed by atoms with Crippen LogP contribution in [0.1, 0.15) is 26.4 Å². The van der Waals surface area contributed by atoms with E-state index in [9.17, 15) is 18.8 Å². The minimum absolute atomic E-state index is 0.0174. The van der Waals surface area contributed by atoms with Gasteiger partial charge in [0.2, 0.25) is 5.91 Å². The summed E-state index contributed by atoms with van der Waals surface area (Å²) >= 11 is 0. The number of amides is 3. The van der Waals surface area contributed by atoms with Crippen molar-refractivity contribution in [1.82, 2.24) is 30.5 Å². The Bertz CT molecular complexity index is 849. The second-order valence-corrected chi connectivity index (χ2v) is 6.07. The standard InChI is InChI=1S/C17H21FN6O3/c1-11-4-5-12(8-13(11)18)16(26)19-6-7-20-17(27)14-9-24(22-21-14)10-15(25)23(2)3/h4-5,8-9H,6-7,10H2,1-3H3,(H,19,26)(H,20,27). The maximum Gasteiger partial charge on any atom is 0.273 e. The van der Waals surface area contributed by atoms with E-state index in [1.54, 1.807) is 21.0 Å². The minimum Gasteiger partial charge on any atom is -0.350 e. The molecule has 0 aliphatic heterocycles. The first kappa shape index (κ1) is 20.0. The molecule has 0 unspecified atom stereocenters. The quantitative estimate of drug-likeness (QED) is 0.660. The van der Waals surface area contributed by atoms with Crippen molar-refractivity contribution in [3.63, 3.8) is 0 Å². The lowest BCUT2D eigenvalue weighted by molar-refractivity contribution is -0.129. The largest absolute Gasteiger partial charge is 0.350 e. The lowest BCUT2D eigenvalue weighted by atomic mass is 10.1. The van der Waals surface area contributed by atoms with Gasteiger partial charge < -0.3 is 15.5 Å². The predicted octanol–water partition coefficient (Wildman–Crippen LogP) is -0.0264. The van der Waals surface area contributed by atoms with Crippen LogP contribution in [0.3, 0.4) is 0 Å². The normalized spacial score (nSPS) is 10.4. The Hall–Kier alpha value is -3.30. The van der Waals surface area contributed by atoms with E-state index < -0.39 is 17.6 Å². The summed E-state index contributed by atoms with van der Waals surface area (Å²) in [7, 11) is 3.23. The number of halogens is 1. The highest BCUT2D eigenvalue weighted by Crippen LogP contribution is 2.08. The molecule has 0 spiro atoms. The van der Waals surface area contributed by atoms with Crippen LogP contribution in [0, 0.1) is 12.7 Å². The van der Waals surface area contributed by atoms with Crippen LogP contribution in [0.25, 0.3) is 0 Å². The van der Waals surface area contributed by atoms with Gasteiger partial charge in [-0.15, -0.1) is 5.10 Å². The Labute approximate surface area is 155 Å². The molecule has 0 fully saturated rings. The van der Waals surface area contributed by atoms with E-state index in [1.807, 2.05) is 0 Å². The average Bonchev–Trinajstić information content (AvgIpc) is 3.09. The maximum atomic E-state index is 13.5. The van der Waals surface area contributed by atoms with Gasteiger partial charge in [-0.25, -0.2) is 9.07 Å². The zero-order valence-electron chi connectivity index (χ0n) is 15.3. The fourth-order valence-electron chi connectivity index (χ4n) is 2.04. The molecule has 1 heterocycles. The van der Waals surface area contributed by atoms with Gasteiger partial charge in [0, 0.05) is 32.7 Å². The highest BCUT2D eigenvalue weighted by molar-refractivity contribution is 5.94. The predicted molar refractivity (Wildman–Crippen MR) is 94.5 cm³/mol. The molecular formula is C17H21FN6O3. The molecule has 3 amide bonds. The maximum absolute atomic E-state index is 13.5. The number of nitrogens with one attached hydrogen (secondary N) is 2. The van der Waals surface area contributed by atoms with Crippen molar-refractivity contribution < 1.29 is 18.8 Å². The Morgan fingerprint density at radius 3 is 2.44 bits per heavy atom. The van der Waals surface area contributed by atoms with Crippen LogP contribution in [0.2, 0.25) is 0 Å². The molecule has 27 heavy (non-hydrogen) atoms. The van der Waals surface area contributed by atoms with Crippen LogP contribution in [0.15, 0.2) is 24.4 Å². The topological polar surface area (TPSA) is 109 Å². The van der Waals surface area contributed by atoms with E-state index in [-0.39, 0.29) is 36.8 Å². The molecule has 0 aliphatic carbocycles. The minimum atomic E-state index is -0.478. The lowest BCUT2D eigenvalue weighted by Gasteiger charge is -2.08. The number of aromatic nitrogens is 3. The number of likely N-dealkylation sites (N-methyl/N-ethyl adjacent to an activating group) is 1. The molecule has 0 bridgehead atoms. The van der Waals surface area contributed by atoms with E-state index in [0.717, 1.165) is 6.07 Å². The highest BCUT2D eigenvalue weighted by Gasteiger charge is 2.13. The van der Waals surface area contributed by atoms with Gasteiger partial charge in [0.1, 0.15) is 12.4 Å². The first-order valence-electron chi connectivity index (χ1n) is 8.20. The van der Waals surface area contributed by atoms with Gasteiger partial charge in [-0.05, 0) is 24.6 Å². The molecule has 2 aromatic rings. The molecule has 0 saturated carbocycles. The summed E-state index contributed by atoms with van der Waals surface area (Å²) < 4.78 is 14.7. The molecular weight excluding hydrogens is 355 g/mol. The summed E-state index contributed by atoms with van der Waals surface area (Å²) in [6.45, 7) is 1.91. The molecule has 9 nitrogen and oxygen atoms in total. The summed E-state index contributed by atoms with van der Waals surface area (Å²) in [6.07, 6.45) is 1.37. The van der Waals surface area contributed by atoms with Crippen molar-refractivity contribution in [3.8, 4) is 0 Å². The van der Waals surface area contributed by atoms with Crippen molar-refractivity contribution in [2.75, 3.05) is 27.2 Å². The van der Waals surface area contributed by atoms with E-state index in [2.05, 4.69) is 20.9 Å². The highest BCUT2D eigenvalue weighted by atomic mass is 19.1. The van der Waals surface area contributed by atoms with Crippen LogP contribution < -0.4 is 10.6 Å². The molecule has 2 N–H and O–H groups in total. The lowest BCUT2D eigenvalue weighted by Crippen LogP contribution is -2.34. The number of hydrogen-bond donors (Lipinski definition) is 2. The first-order chi connectivity index (χ1) is 12.8. The summed E-state index contributed by atoms with van der Waals surface area (Å²) in [6, 6.07) is 4.21. The Morgan fingerprint density at radius 2 is 1.81 bits per heavy atom. The van der Waals surface area contributed by atoms with E-state index in [0.29, 0.717) is 5.56 Å². The summed E-state index contributed by atoms with van der Waals surface area (Å²) in [5.41, 5.74) is 0.727. The molecule has 1 aromatic carbocycles. The third-order valence-corrected chi connectivity index (χ3v) is 3.70. The van der Waals surface area contributed by atoms with Gasteiger partial charge in [-0.3, -0.25) is 14.4 Å². The van der Waals surface area contributed by atoms with Gasteiger partial charge in [0.05, 0.1) is 6.20 Å². The van der Waals surface area contributed by atoms with Crippen molar-refractivity contribution >= 4 is 17.7 Å². The van der Waals surface area contributed by atoms with Gasteiger partial charge >= 0.3 is 0 Å². The zero-order valence-corrected chi connectivity index (χ0v) is 15.3. The number of aryl methyl sites for hydroxylation is 1. The number of rotatable bonds is 7. The molecule has 2 rings (SSSR count). The van der Waals surface area contributed by atoms with E-state index in [1.165, 1.54) is 27.9 Å². The van der Waals surface area contributed by atoms with Gasteiger partial charge in [-0.1, -0.05) is 11.3 Å². The number of carbonyl (C=O) groups is 3. The number of benzene rings is 1. The fourth-order valence-corrected chi connectivity index (χ4v) is 2.04. The Morgan fingerprint density at radius 1 is 1.15 bits per heavy atom. The molecule has 0 aliphatic rings. The van der Waals surface area contributed by atoms with E-state index in [4.69, 9.17) is 0 Å². The SMILES string of the molecule is Cc1ccc(C(=O)NCCNC(=O)c2cn(CC(=O)N(C)C)nn2)cc1F. The molecule has 0 saturated heterocycles. The molecule has 1 aromatic heterocycles. The Kier molecular flexibility index (Phi) is 6.58. The summed E-state index contributed by atoms with van der Waals surface area (Å²) in [4.78, 5) is 36.9. The van der Waals surface area contributed by atoms with Crippen LogP contribution in [0.4, 0.5) is 4.39 Å². The molecule has 10 heteroatoms. The van der Waals surface area contributed by atoms with Crippen LogP contribution in [-0.4, -0.2) is 64.8 Å². The smallest absolute Gasteiger partial charge is 0.273 e. The monoisotopic (exact) mass is 376 g/mol. The van der Waals surface area contributed by atoms with Crippen molar-refractivity contribution in [1.29, 1.82) is 0 Å². The van der Waals surface area contributed by atoms with Gasteiger partial charge in [0.15, 0.2) is 5.69 Å². The van der Waals surface area contributed by atoms with Crippen molar-refractivity contribution in [2.45, 2.75) is 13.5 Å². The molecule has 0 radical (unpaired) electrons. The third kappa shape index (κ3) is 5.59. The average molecular weight is 376 g/mol. The third-order valence-electron chi connectivity index (χ3n) is 3.70. The molecule has 144 valence electrons. The van der Waals surface area contributed by atoms with Crippen LogP contribution in [-0.2, 0) is 11.3 Å². The zero-order chi connectivity index (χ0) is 20.0. The summed E-state index contributed by atoms with van der Waals surface area (Å²) in [5.74, 6) is -1.54. The van der Waals surface area contributed by atoms with Crippen molar-refractivity contribution in [3.05, 3.63) is 47.0 Å². The van der Waals surface area contributed by atoms with Crippen LogP contribution in [0.5, 0.6) is 0 Å². The Balaban J connectivity index is 1.77. The summed E-state index contributed by atoms with van der Waals surface area (Å²) in [5, 5.41) is 12.6. The number of nitrogens with zero attached hydrogens (tertiary/aromatic N) is 4. The second-order valence-electron chi connectivity index (χ2n) is 6.07. The molecule has 0 atom stereocenters. The van der Waals surface area contributed by atoms with E-state index >= 15 is 0 Å². The fraction of sp³-hybridized carbons (Fsp3) is 0.353. The first-order valence-corrected chi connectivity index (χ1v) is 8.20.